The lowest BCUT2D eigenvalue weighted by atomic mass is 9.93. The van der Waals surface area contributed by atoms with E-state index in [0.29, 0.717) is 22.8 Å². The van der Waals surface area contributed by atoms with Crippen LogP contribution in [0.4, 0.5) is 0 Å². The number of carbonyl (C=O) groups is 3. The number of nitrogens with zero attached hydrogens (tertiary/aromatic N) is 2. The van der Waals surface area contributed by atoms with E-state index < -0.39 is 17.8 Å². The van der Waals surface area contributed by atoms with Crippen molar-refractivity contribution >= 4 is 23.9 Å². The monoisotopic (exact) mass is 458 g/mol. The summed E-state index contributed by atoms with van der Waals surface area (Å²) >= 11 is 0. The van der Waals surface area contributed by atoms with Crippen molar-refractivity contribution in [1.82, 2.24) is 4.90 Å². The van der Waals surface area contributed by atoms with Crippen LogP contribution in [-0.4, -0.2) is 70.4 Å². The molecule has 0 N–H and O–H groups in total. The van der Waals surface area contributed by atoms with Crippen LogP contribution >= 0.6 is 0 Å². The third-order valence-corrected chi connectivity index (χ3v) is 4.82. The van der Waals surface area contributed by atoms with E-state index in [1.165, 1.54) is 28.3 Å². The van der Waals surface area contributed by atoms with Gasteiger partial charge >= 0.3 is 5.97 Å². The van der Waals surface area contributed by atoms with Gasteiger partial charge in [0.15, 0.2) is 11.5 Å². The number of esters is 1. The number of methoxy groups -OCH3 is 3. The molecular formula is C23H26N2O8. The molecule has 0 fully saturated rings. The van der Waals surface area contributed by atoms with Crippen molar-refractivity contribution in [2.24, 2.45) is 0 Å². The Kier molecular flexibility index (Phi) is 9.00. The van der Waals surface area contributed by atoms with Crippen LogP contribution in [0.25, 0.3) is 6.08 Å². The van der Waals surface area contributed by atoms with E-state index in [1.807, 2.05) is 6.07 Å². The molecule has 2 amide bonds. The van der Waals surface area contributed by atoms with Gasteiger partial charge in [0.1, 0.15) is 18.2 Å². The molecule has 0 aliphatic carbocycles. The topological polar surface area (TPSA) is 124 Å². The number of hydrogen-bond donors (Lipinski definition) is 0. The average Bonchev–Trinajstić information content (AvgIpc) is 2.80. The number of rotatable bonds is 10. The lowest BCUT2D eigenvalue weighted by Gasteiger charge is -2.27. The summed E-state index contributed by atoms with van der Waals surface area (Å²) < 4.78 is 26.1. The highest BCUT2D eigenvalue weighted by molar-refractivity contribution is 6.19. The van der Waals surface area contributed by atoms with Crippen LogP contribution in [0, 0.1) is 11.3 Å². The van der Waals surface area contributed by atoms with Gasteiger partial charge in [-0.2, -0.15) is 5.26 Å². The predicted molar refractivity (Wildman–Crippen MR) is 117 cm³/mol. The first kappa shape index (κ1) is 25.4. The minimum Gasteiger partial charge on any atom is -0.493 e. The van der Waals surface area contributed by atoms with Crippen molar-refractivity contribution in [3.63, 3.8) is 0 Å². The quantitative estimate of drug-likeness (QED) is 0.224. The number of nitriles is 1. The van der Waals surface area contributed by atoms with Crippen molar-refractivity contribution in [1.29, 1.82) is 5.26 Å². The van der Waals surface area contributed by atoms with Gasteiger partial charge in [0.2, 0.25) is 5.75 Å². The first-order chi connectivity index (χ1) is 15.8. The molecule has 1 aromatic carbocycles. The SMILES string of the molecule is COc1cc(/C=C2/C(=O)N(CCOCCOC(C)=O)C(=O)C(C#N)=C2C)cc(OC)c1OC. The largest absolute Gasteiger partial charge is 0.493 e. The second-order valence-corrected chi connectivity index (χ2v) is 6.84. The highest BCUT2D eigenvalue weighted by atomic mass is 16.6. The molecule has 176 valence electrons. The lowest BCUT2D eigenvalue weighted by molar-refractivity contribution is -0.142. The predicted octanol–water partition coefficient (Wildman–Crippen LogP) is 1.88. The summed E-state index contributed by atoms with van der Waals surface area (Å²) in [7, 11) is 4.43. The van der Waals surface area contributed by atoms with E-state index in [9.17, 15) is 19.6 Å². The van der Waals surface area contributed by atoms with Crippen molar-refractivity contribution in [3.8, 4) is 23.3 Å². The minimum atomic E-state index is -0.689. The van der Waals surface area contributed by atoms with Gasteiger partial charge in [-0.25, -0.2) is 0 Å². The van der Waals surface area contributed by atoms with E-state index in [4.69, 9.17) is 23.7 Å². The Hall–Kier alpha value is -3.84. The highest BCUT2D eigenvalue weighted by Crippen LogP contribution is 2.39. The third kappa shape index (κ3) is 5.90. The summed E-state index contributed by atoms with van der Waals surface area (Å²) in [5.41, 5.74) is 0.873. The van der Waals surface area contributed by atoms with Crippen molar-refractivity contribution < 1.29 is 38.1 Å². The second-order valence-electron chi connectivity index (χ2n) is 6.84. The van der Waals surface area contributed by atoms with Gasteiger partial charge in [0.25, 0.3) is 11.8 Å². The third-order valence-electron chi connectivity index (χ3n) is 4.82. The maximum atomic E-state index is 13.1. The molecule has 1 heterocycles. The summed E-state index contributed by atoms with van der Waals surface area (Å²) in [6.07, 6.45) is 1.56. The number of benzene rings is 1. The van der Waals surface area contributed by atoms with Gasteiger partial charge < -0.3 is 23.7 Å². The van der Waals surface area contributed by atoms with E-state index in [0.717, 1.165) is 4.90 Å². The van der Waals surface area contributed by atoms with Gasteiger partial charge in [0.05, 0.1) is 41.1 Å². The Bertz CT molecular complexity index is 1010. The molecule has 0 bridgehead atoms. The first-order valence-electron chi connectivity index (χ1n) is 9.99. The Morgan fingerprint density at radius 1 is 1.03 bits per heavy atom. The van der Waals surface area contributed by atoms with Crippen molar-refractivity contribution in [3.05, 3.63) is 34.4 Å². The Morgan fingerprint density at radius 3 is 2.18 bits per heavy atom. The van der Waals surface area contributed by atoms with E-state index in [2.05, 4.69) is 0 Å². The molecule has 0 spiro atoms. The number of amides is 2. The van der Waals surface area contributed by atoms with Gasteiger partial charge in [-0.3, -0.25) is 19.3 Å². The summed E-state index contributed by atoms with van der Waals surface area (Å²) in [6, 6.07) is 5.19. The molecule has 0 aromatic heterocycles. The smallest absolute Gasteiger partial charge is 0.302 e. The summed E-state index contributed by atoms with van der Waals surface area (Å²) in [6.45, 7) is 2.96. The van der Waals surface area contributed by atoms with Gasteiger partial charge in [0, 0.05) is 12.5 Å². The fourth-order valence-electron chi connectivity index (χ4n) is 3.19. The normalized spacial score (nSPS) is 14.9. The number of ether oxygens (including phenoxy) is 5. The number of carbonyl (C=O) groups excluding carboxylic acids is 3. The minimum absolute atomic E-state index is 0.0218. The molecule has 0 saturated carbocycles. The maximum Gasteiger partial charge on any atom is 0.302 e. The molecule has 1 aliphatic rings. The zero-order chi connectivity index (χ0) is 24.5. The summed E-state index contributed by atoms with van der Waals surface area (Å²) in [5.74, 6) is -0.503. The molecule has 0 atom stereocenters. The van der Waals surface area contributed by atoms with Crippen LogP contribution in [0.3, 0.4) is 0 Å². The molecule has 10 nitrogen and oxygen atoms in total. The van der Waals surface area contributed by atoms with Crippen LogP contribution in [0.5, 0.6) is 17.2 Å². The molecule has 33 heavy (non-hydrogen) atoms. The summed E-state index contributed by atoms with van der Waals surface area (Å²) in [4.78, 5) is 37.6. The Balaban J connectivity index is 2.34. The van der Waals surface area contributed by atoms with Crippen LogP contribution < -0.4 is 14.2 Å². The van der Waals surface area contributed by atoms with E-state index >= 15 is 0 Å². The first-order valence-corrected chi connectivity index (χ1v) is 9.99. The summed E-state index contributed by atoms with van der Waals surface area (Å²) in [5, 5.41) is 9.52. The highest BCUT2D eigenvalue weighted by Gasteiger charge is 2.35. The second kappa shape index (κ2) is 11.7. The van der Waals surface area contributed by atoms with E-state index in [-0.39, 0.29) is 43.1 Å². The van der Waals surface area contributed by atoms with Crippen molar-refractivity contribution in [2.75, 3.05) is 47.7 Å². The van der Waals surface area contributed by atoms with Gasteiger partial charge in [-0.15, -0.1) is 0 Å². The van der Waals surface area contributed by atoms with Crippen LogP contribution in [0.1, 0.15) is 19.4 Å². The molecule has 1 aromatic rings. The Labute approximate surface area is 191 Å². The molecule has 0 unspecified atom stereocenters. The molecular weight excluding hydrogens is 432 g/mol. The van der Waals surface area contributed by atoms with Crippen LogP contribution in [0.15, 0.2) is 28.9 Å². The fraction of sp³-hybridized carbons (Fsp3) is 0.391. The number of hydrogen-bond acceptors (Lipinski definition) is 9. The standard InChI is InChI=1S/C23H26N2O8/c1-14-17(10-16-11-19(29-3)21(31-5)20(12-16)30-4)22(27)25(23(28)18(14)13-24)6-7-32-8-9-33-15(2)26/h10-12H,6-9H2,1-5H3/b17-10+. The van der Waals surface area contributed by atoms with E-state index in [1.54, 1.807) is 25.1 Å². The van der Waals surface area contributed by atoms with Gasteiger partial charge in [-0.1, -0.05) is 0 Å². The zero-order valence-corrected chi connectivity index (χ0v) is 19.2. The molecule has 10 heteroatoms. The average molecular weight is 458 g/mol. The van der Waals surface area contributed by atoms with Crippen LogP contribution in [0.2, 0.25) is 0 Å². The Morgan fingerprint density at radius 2 is 1.67 bits per heavy atom. The zero-order valence-electron chi connectivity index (χ0n) is 19.2. The molecule has 1 aliphatic heterocycles. The molecule has 2 rings (SSSR count). The van der Waals surface area contributed by atoms with Gasteiger partial charge in [-0.05, 0) is 36.3 Å². The van der Waals surface area contributed by atoms with Crippen molar-refractivity contribution in [2.45, 2.75) is 13.8 Å². The fourth-order valence-corrected chi connectivity index (χ4v) is 3.19. The molecule has 0 radical (unpaired) electrons. The van der Waals surface area contributed by atoms with Crippen LogP contribution in [-0.2, 0) is 23.9 Å². The molecule has 0 saturated heterocycles. The lowest BCUT2D eigenvalue weighted by Crippen LogP contribution is -2.44. The number of imide groups is 1. The maximum absolute atomic E-state index is 13.1.